The molecule has 214 valence electrons. The molecule has 0 fully saturated rings. The maximum atomic E-state index is 12.8. The minimum atomic E-state index is -1.95. The Bertz CT molecular complexity index is 1160. The first-order chi connectivity index (χ1) is 18.0. The van der Waals surface area contributed by atoms with Gasteiger partial charge in [-0.1, -0.05) is 18.6 Å². The highest BCUT2D eigenvalue weighted by Crippen LogP contribution is 2.53. The van der Waals surface area contributed by atoms with Gasteiger partial charge in [-0.2, -0.15) is 0 Å². The summed E-state index contributed by atoms with van der Waals surface area (Å²) >= 11 is 0. The molecular formula is C28H36O11. The van der Waals surface area contributed by atoms with Crippen LogP contribution in [0.2, 0.25) is 0 Å². The number of hydrogen-bond donors (Lipinski definition) is 1. The Morgan fingerprint density at radius 2 is 1.49 bits per heavy atom. The van der Waals surface area contributed by atoms with Crippen molar-refractivity contribution in [2.45, 2.75) is 97.9 Å². The number of carbonyl (C=O) groups is 5. The van der Waals surface area contributed by atoms with E-state index in [2.05, 4.69) is 0 Å². The average Bonchev–Trinajstić information content (AvgIpc) is 3.04. The third kappa shape index (κ3) is 5.93. The molecule has 0 saturated carbocycles. The summed E-state index contributed by atoms with van der Waals surface area (Å²) in [6.45, 7) is 11.1. The third-order valence-electron chi connectivity index (χ3n) is 7.50. The Morgan fingerprint density at radius 3 is 2.03 bits per heavy atom. The highest BCUT2D eigenvalue weighted by Gasteiger charge is 2.63. The fourth-order valence-electron chi connectivity index (χ4n) is 6.08. The molecule has 3 rings (SSSR count). The van der Waals surface area contributed by atoms with Gasteiger partial charge in [0.15, 0.2) is 0 Å². The van der Waals surface area contributed by atoms with Crippen LogP contribution in [0.5, 0.6) is 0 Å². The highest BCUT2D eigenvalue weighted by molar-refractivity contribution is 5.92. The summed E-state index contributed by atoms with van der Waals surface area (Å²) in [7, 11) is 0. The molecule has 0 aromatic heterocycles. The van der Waals surface area contributed by atoms with Crippen molar-refractivity contribution in [1.82, 2.24) is 0 Å². The molecule has 0 aromatic rings. The quantitative estimate of drug-likeness (QED) is 0.313. The first kappa shape index (κ1) is 30.1. The second-order valence-electron chi connectivity index (χ2n) is 10.8. The van der Waals surface area contributed by atoms with Crippen molar-refractivity contribution in [2.75, 3.05) is 0 Å². The minimum Gasteiger partial charge on any atom is -0.458 e. The molecular weight excluding hydrogens is 512 g/mol. The lowest BCUT2D eigenvalue weighted by atomic mass is 9.56. The number of carbonyl (C=O) groups excluding carboxylic acids is 5. The van der Waals surface area contributed by atoms with E-state index in [1.165, 1.54) is 47.6 Å². The van der Waals surface area contributed by atoms with Gasteiger partial charge in [-0.15, -0.1) is 0 Å². The molecule has 11 heteroatoms. The second kappa shape index (κ2) is 11.0. The molecule has 2 aliphatic carbocycles. The van der Waals surface area contributed by atoms with E-state index in [0.717, 1.165) is 0 Å². The van der Waals surface area contributed by atoms with E-state index in [4.69, 9.17) is 23.7 Å². The van der Waals surface area contributed by atoms with Crippen LogP contribution in [-0.2, 0) is 47.7 Å². The Balaban J connectivity index is 2.44. The summed E-state index contributed by atoms with van der Waals surface area (Å²) in [6, 6.07) is 0. The SMILES string of the molecule is CC(=O)OC1CC(C)=CC2OC(=O)C(C)=C2C(OC(C)=O)C2C(C)(O)C(OC(C)=O)C=CC2(C)C1OC(C)=O. The van der Waals surface area contributed by atoms with Gasteiger partial charge in [0, 0.05) is 56.6 Å². The summed E-state index contributed by atoms with van der Waals surface area (Å²) in [6.07, 6.45) is -0.884. The molecule has 0 amide bonds. The minimum absolute atomic E-state index is 0.0990. The van der Waals surface area contributed by atoms with Crippen molar-refractivity contribution in [3.05, 3.63) is 34.9 Å². The molecule has 0 aromatic carbocycles. The molecule has 0 saturated heterocycles. The molecule has 1 aliphatic heterocycles. The molecule has 0 spiro atoms. The number of fused-ring (bicyclic) bond motifs is 2. The zero-order chi connectivity index (χ0) is 29.4. The molecule has 39 heavy (non-hydrogen) atoms. The molecule has 3 aliphatic rings. The lowest BCUT2D eigenvalue weighted by Crippen LogP contribution is -2.65. The van der Waals surface area contributed by atoms with Gasteiger partial charge >= 0.3 is 29.8 Å². The van der Waals surface area contributed by atoms with Crippen LogP contribution in [0.3, 0.4) is 0 Å². The van der Waals surface area contributed by atoms with Crippen LogP contribution in [0.1, 0.15) is 61.8 Å². The molecule has 8 atom stereocenters. The van der Waals surface area contributed by atoms with Gasteiger partial charge in [0.25, 0.3) is 0 Å². The van der Waals surface area contributed by atoms with Crippen LogP contribution in [0.25, 0.3) is 0 Å². The predicted octanol–water partition coefficient (Wildman–Crippen LogP) is 2.25. The van der Waals surface area contributed by atoms with Gasteiger partial charge in [-0.05, 0) is 32.9 Å². The summed E-state index contributed by atoms with van der Waals surface area (Å²) < 4.78 is 28.4. The van der Waals surface area contributed by atoms with E-state index in [1.54, 1.807) is 26.0 Å². The summed E-state index contributed by atoms with van der Waals surface area (Å²) in [5, 5.41) is 12.1. The Labute approximate surface area is 227 Å². The number of ether oxygens (including phenoxy) is 5. The largest absolute Gasteiger partial charge is 0.458 e. The number of esters is 5. The van der Waals surface area contributed by atoms with Crippen LogP contribution in [0, 0.1) is 11.3 Å². The Morgan fingerprint density at radius 1 is 0.923 bits per heavy atom. The van der Waals surface area contributed by atoms with Crippen LogP contribution < -0.4 is 0 Å². The highest BCUT2D eigenvalue weighted by atomic mass is 16.6. The van der Waals surface area contributed by atoms with Crippen molar-refractivity contribution in [1.29, 1.82) is 0 Å². The Kier molecular flexibility index (Phi) is 8.45. The summed E-state index contributed by atoms with van der Waals surface area (Å²) in [4.78, 5) is 61.8. The normalized spacial score (nSPS) is 36.0. The lowest BCUT2D eigenvalue weighted by molar-refractivity contribution is -0.214. The van der Waals surface area contributed by atoms with Crippen LogP contribution in [0.15, 0.2) is 34.9 Å². The molecule has 0 bridgehead atoms. The first-order valence-corrected chi connectivity index (χ1v) is 12.7. The molecule has 11 nitrogen and oxygen atoms in total. The average molecular weight is 549 g/mol. The summed E-state index contributed by atoms with van der Waals surface area (Å²) in [5.74, 6) is -4.52. The van der Waals surface area contributed by atoms with E-state index in [0.29, 0.717) is 11.1 Å². The van der Waals surface area contributed by atoms with Crippen molar-refractivity contribution in [2.24, 2.45) is 11.3 Å². The van der Waals surface area contributed by atoms with Crippen molar-refractivity contribution < 1.29 is 52.8 Å². The number of aliphatic hydroxyl groups is 1. The first-order valence-electron chi connectivity index (χ1n) is 12.7. The van der Waals surface area contributed by atoms with Gasteiger partial charge in [0.2, 0.25) is 0 Å². The molecule has 1 heterocycles. The third-order valence-corrected chi connectivity index (χ3v) is 7.50. The van der Waals surface area contributed by atoms with Gasteiger partial charge in [-0.25, -0.2) is 4.79 Å². The summed E-state index contributed by atoms with van der Waals surface area (Å²) in [5.41, 5.74) is -2.21. The molecule has 8 unspecified atom stereocenters. The fourth-order valence-corrected chi connectivity index (χ4v) is 6.08. The maximum Gasteiger partial charge on any atom is 0.334 e. The van der Waals surface area contributed by atoms with Gasteiger partial charge in [0.05, 0.1) is 0 Å². The van der Waals surface area contributed by atoms with Gasteiger partial charge in [-0.3, -0.25) is 19.2 Å². The zero-order valence-electron chi connectivity index (χ0n) is 23.4. The van der Waals surface area contributed by atoms with Gasteiger partial charge in [0.1, 0.15) is 36.1 Å². The maximum absolute atomic E-state index is 12.8. The van der Waals surface area contributed by atoms with E-state index >= 15 is 0 Å². The molecule has 1 N–H and O–H groups in total. The van der Waals surface area contributed by atoms with E-state index in [9.17, 15) is 29.1 Å². The predicted molar refractivity (Wildman–Crippen MR) is 135 cm³/mol. The second-order valence-corrected chi connectivity index (χ2v) is 10.8. The van der Waals surface area contributed by atoms with Crippen LogP contribution in [-0.4, -0.2) is 71.1 Å². The van der Waals surface area contributed by atoms with Crippen molar-refractivity contribution in [3.63, 3.8) is 0 Å². The van der Waals surface area contributed by atoms with Gasteiger partial charge < -0.3 is 28.8 Å². The number of rotatable bonds is 4. The molecule has 0 radical (unpaired) electrons. The van der Waals surface area contributed by atoms with E-state index < -0.39 is 77.3 Å². The van der Waals surface area contributed by atoms with E-state index in [-0.39, 0.29) is 12.0 Å². The van der Waals surface area contributed by atoms with Crippen LogP contribution >= 0.6 is 0 Å². The fraction of sp³-hybridized carbons (Fsp3) is 0.607. The zero-order valence-corrected chi connectivity index (χ0v) is 23.4. The van der Waals surface area contributed by atoms with E-state index in [1.807, 2.05) is 0 Å². The smallest absolute Gasteiger partial charge is 0.334 e. The monoisotopic (exact) mass is 548 g/mol. The Hall–Kier alpha value is -3.47. The topological polar surface area (TPSA) is 152 Å². The standard InChI is InChI=1S/C28H36O11/c1-13-11-19-22(14(2)26(33)39-19)23(37-17(5)31)24-27(7,10-9-21(28(24,8)34)36-16(4)30)25(38-18(6)32)20(12-13)35-15(3)29/h9-11,19-21,23-25,34H,12H2,1-8H3. The van der Waals surface area contributed by atoms with Crippen molar-refractivity contribution in [3.8, 4) is 0 Å². The number of hydrogen-bond acceptors (Lipinski definition) is 11. The van der Waals surface area contributed by atoms with Crippen LogP contribution in [0.4, 0.5) is 0 Å². The lowest BCUT2D eigenvalue weighted by Gasteiger charge is -2.55. The van der Waals surface area contributed by atoms with Crippen molar-refractivity contribution >= 4 is 29.8 Å².